The Kier molecular flexibility index (Phi) is 2.93. The summed E-state index contributed by atoms with van der Waals surface area (Å²) in [7, 11) is 0. The Hall–Kier alpha value is -2.26. The van der Waals surface area contributed by atoms with Crippen LogP contribution in [0.3, 0.4) is 0 Å². The highest BCUT2D eigenvalue weighted by Gasteiger charge is 2.22. The minimum atomic E-state index is -0.514. The highest BCUT2D eigenvalue weighted by Crippen LogP contribution is 2.37. The molecule has 0 bridgehead atoms. The molecule has 1 aliphatic carbocycles. The molecule has 1 aliphatic heterocycles. The minimum absolute atomic E-state index is 0.283. The van der Waals surface area contributed by atoms with E-state index in [9.17, 15) is 5.11 Å². The Morgan fingerprint density at radius 3 is 2.81 bits per heavy atom. The maximum Gasteiger partial charge on any atom is 0.231 e. The van der Waals surface area contributed by atoms with Crippen molar-refractivity contribution in [2.45, 2.75) is 18.9 Å². The van der Waals surface area contributed by atoms with Crippen LogP contribution in [0.15, 0.2) is 48.0 Å². The van der Waals surface area contributed by atoms with Crippen molar-refractivity contribution < 1.29 is 14.6 Å². The molecule has 0 saturated carbocycles. The average Bonchev–Trinajstić information content (AvgIpc) is 2.98. The maximum atomic E-state index is 10.6. The summed E-state index contributed by atoms with van der Waals surface area (Å²) >= 11 is 0. The highest BCUT2D eigenvalue weighted by atomic mass is 16.7. The molecule has 4 rings (SSSR count). The lowest BCUT2D eigenvalue weighted by molar-refractivity contribution is 0.174. The molecule has 2 aromatic carbocycles. The first-order valence-corrected chi connectivity index (χ1v) is 7.17. The van der Waals surface area contributed by atoms with Gasteiger partial charge in [0.15, 0.2) is 11.5 Å². The van der Waals surface area contributed by atoms with Gasteiger partial charge in [-0.05, 0) is 47.2 Å². The Morgan fingerprint density at radius 2 is 1.86 bits per heavy atom. The standard InChI is InChI=1S/C18H16O3/c19-18-14(7-6-13-3-1-2-4-15(13)18)9-12-5-8-16-17(10-12)21-11-20-16/h1-5,8-10,18-19H,6-7,11H2/b14-9+. The monoisotopic (exact) mass is 280 g/mol. The lowest BCUT2D eigenvalue weighted by Gasteiger charge is -2.24. The van der Waals surface area contributed by atoms with Crippen molar-refractivity contribution in [3.05, 3.63) is 64.7 Å². The summed E-state index contributed by atoms with van der Waals surface area (Å²) in [6.07, 6.45) is 3.40. The lowest BCUT2D eigenvalue weighted by Crippen LogP contribution is -2.11. The van der Waals surface area contributed by atoms with E-state index in [-0.39, 0.29) is 6.79 Å². The SMILES string of the molecule is OC1/C(=C/c2ccc3c(c2)OCO3)CCc2ccccc21. The fourth-order valence-corrected chi connectivity index (χ4v) is 3.01. The van der Waals surface area contributed by atoms with Gasteiger partial charge >= 0.3 is 0 Å². The van der Waals surface area contributed by atoms with E-state index in [0.29, 0.717) is 0 Å². The zero-order chi connectivity index (χ0) is 14.2. The zero-order valence-corrected chi connectivity index (χ0v) is 11.6. The summed E-state index contributed by atoms with van der Waals surface area (Å²) in [6, 6.07) is 14.0. The summed E-state index contributed by atoms with van der Waals surface area (Å²) in [5.41, 5.74) is 4.35. The normalized spacial score (nSPS) is 21.4. The number of aliphatic hydroxyl groups is 1. The summed E-state index contributed by atoms with van der Waals surface area (Å²) in [5, 5.41) is 10.6. The van der Waals surface area contributed by atoms with E-state index < -0.39 is 6.10 Å². The van der Waals surface area contributed by atoms with Gasteiger partial charge in [0.2, 0.25) is 6.79 Å². The van der Waals surface area contributed by atoms with Crippen LogP contribution in [0.2, 0.25) is 0 Å². The first-order valence-electron chi connectivity index (χ1n) is 7.17. The quantitative estimate of drug-likeness (QED) is 0.869. The van der Waals surface area contributed by atoms with Crippen molar-refractivity contribution in [1.29, 1.82) is 0 Å². The van der Waals surface area contributed by atoms with Gasteiger partial charge < -0.3 is 14.6 Å². The number of ether oxygens (including phenoxy) is 2. The second-order valence-corrected chi connectivity index (χ2v) is 5.43. The van der Waals surface area contributed by atoms with Gasteiger partial charge in [-0.1, -0.05) is 36.4 Å². The van der Waals surface area contributed by atoms with Gasteiger partial charge in [0.1, 0.15) is 6.10 Å². The predicted octanol–water partition coefficient (Wildman–Crippen LogP) is 3.48. The van der Waals surface area contributed by atoms with E-state index in [1.807, 2.05) is 36.4 Å². The number of rotatable bonds is 1. The number of hydrogen-bond donors (Lipinski definition) is 1. The first kappa shape index (κ1) is 12.5. The molecule has 0 radical (unpaired) electrons. The molecule has 0 spiro atoms. The van der Waals surface area contributed by atoms with Crippen molar-refractivity contribution in [1.82, 2.24) is 0 Å². The molecule has 21 heavy (non-hydrogen) atoms. The average molecular weight is 280 g/mol. The van der Waals surface area contributed by atoms with Crippen molar-refractivity contribution in [2.75, 3.05) is 6.79 Å². The Balaban J connectivity index is 1.68. The smallest absolute Gasteiger partial charge is 0.231 e. The number of hydrogen-bond acceptors (Lipinski definition) is 3. The molecule has 1 unspecified atom stereocenters. The van der Waals surface area contributed by atoms with E-state index in [2.05, 4.69) is 12.1 Å². The summed E-state index contributed by atoms with van der Waals surface area (Å²) in [5.74, 6) is 1.56. The molecular formula is C18H16O3. The third-order valence-corrected chi connectivity index (χ3v) is 4.13. The third kappa shape index (κ3) is 2.20. The van der Waals surface area contributed by atoms with E-state index >= 15 is 0 Å². The lowest BCUT2D eigenvalue weighted by atomic mass is 9.85. The van der Waals surface area contributed by atoms with Crippen LogP contribution < -0.4 is 9.47 Å². The third-order valence-electron chi connectivity index (χ3n) is 4.13. The molecule has 2 aliphatic rings. The summed E-state index contributed by atoms with van der Waals surface area (Å²) in [6.45, 7) is 0.283. The molecule has 0 amide bonds. The van der Waals surface area contributed by atoms with Gasteiger partial charge in [-0.2, -0.15) is 0 Å². The van der Waals surface area contributed by atoms with E-state index in [4.69, 9.17) is 9.47 Å². The molecule has 3 heteroatoms. The van der Waals surface area contributed by atoms with Gasteiger partial charge in [-0.25, -0.2) is 0 Å². The highest BCUT2D eigenvalue weighted by molar-refractivity contribution is 5.60. The van der Waals surface area contributed by atoms with E-state index in [0.717, 1.165) is 41.0 Å². The van der Waals surface area contributed by atoms with Crippen LogP contribution in [0.25, 0.3) is 6.08 Å². The summed E-state index contributed by atoms with van der Waals surface area (Å²) < 4.78 is 10.7. The Bertz CT molecular complexity index is 718. The number of aryl methyl sites for hydroxylation is 1. The van der Waals surface area contributed by atoms with Gasteiger partial charge in [-0.15, -0.1) is 0 Å². The van der Waals surface area contributed by atoms with Crippen LogP contribution in [-0.4, -0.2) is 11.9 Å². The fraction of sp³-hybridized carbons (Fsp3) is 0.222. The first-order chi connectivity index (χ1) is 10.3. The van der Waals surface area contributed by atoms with Crippen molar-refractivity contribution >= 4 is 6.08 Å². The van der Waals surface area contributed by atoms with Crippen LogP contribution in [0.5, 0.6) is 11.5 Å². The van der Waals surface area contributed by atoms with Crippen LogP contribution in [0.1, 0.15) is 29.2 Å². The molecule has 0 aromatic heterocycles. The number of benzene rings is 2. The second-order valence-electron chi connectivity index (χ2n) is 5.43. The van der Waals surface area contributed by atoms with Crippen LogP contribution in [-0.2, 0) is 6.42 Å². The van der Waals surface area contributed by atoms with Crippen molar-refractivity contribution in [3.8, 4) is 11.5 Å². The zero-order valence-electron chi connectivity index (χ0n) is 11.6. The molecule has 3 nitrogen and oxygen atoms in total. The van der Waals surface area contributed by atoms with Crippen LogP contribution in [0, 0.1) is 0 Å². The van der Waals surface area contributed by atoms with E-state index in [1.54, 1.807) is 0 Å². The molecule has 2 aromatic rings. The minimum Gasteiger partial charge on any atom is -0.454 e. The van der Waals surface area contributed by atoms with Crippen LogP contribution >= 0.6 is 0 Å². The second kappa shape index (κ2) is 4.93. The maximum absolute atomic E-state index is 10.6. The summed E-state index contributed by atoms with van der Waals surface area (Å²) in [4.78, 5) is 0. The number of aliphatic hydroxyl groups excluding tert-OH is 1. The van der Waals surface area contributed by atoms with Gasteiger partial charge in [0.05, 0.1) is 0 Å². The number of fused-ring (bicyclic) bond motifs is 2. The Morgan fingerprint density at radius 1 is 1.00 bits per heavy atom. The molecule has 0 fully saturated rings. The predicted molar refractivity (Wildman–Crippen MR) is 80.3 cm³/mol. The molecule has 106 valence electrons. The molecule has 1 N–H and O–H groups in total. The molecular weight excluding hydrogens is 264 g/mol. The van der Waals surface area contributed by atoms with E-state index in [1.165, 1.54) is 5.56 Å². The topological polar surface area (TPSA) is 38.7 Å². The van der Waals surface area contributed by atoms with Crippen molar-refractivity contribution in [3.63, 3.8) is 0 Å². The molecule has 0 saturated heterocycles. The van der Waals surface area contributed by atoms with Gasteiger partial charge in [-0.3, -0.25) is 0 Å². The Labute approximate surface area is 123 Å². The largest absolute Gasteiger partial charge is 0.454 e. The van der Waals surface area contributed by atoms with Crippen LogP contribution in [0.4, 0.5) is 0 Å². The van der Waals surface area contributed by atoms with Crippen molar-refractivity contribution in [2.24, 2.45) is 0 Å². The molecule has 1 atom stereocenters. The molecule has 1 heterocycles. The van der Waals surface area contributed by atoms with Gasteiger partial charge in [0.25, 0.3) is 0 Å². The van der Waals surface area contributed by atoms with Gasteiger partial charge in [0, 0.05) is 0 Å². The fourth-order valence-electron chi connectivity index (χ4n) is 3.01.